The molecule has 1 amide bonds. The number of hydrogen-bond donors (Lipinski definition) is 2. The molecule has 0 aromatic carbocycles. The maximum absolute atomic E-state index is 12.2. The van der Waals surface area contributed by atoms with E-state index in [0.717, 1.165) is 38.5 Å². The third-order valence-electron chi connectivity index (χ3n) is 4.89. The van der Waals surface area contributed by atoms with Crippen LogP contribution in [-0.2, 0) is 24.2 Å². The summed E-state index contributed by atoms with van der Waals surface area (Å²) in [5.41, 5.74) is 2.43. The van der Waals surface area contributed by atoms with Gasteiger partial charge in [-0.15, -0.1) is 0 Å². The van der Waals surface area contributed by atoms with Crippen molar-refractivity contribution in [3.63, 3.8) is 0 Å². The van der Waals surface area contributed by atoms with E-state index in [4.69, 9.17) is 5.11 Å². The van der Waals surface area contributed by atoms with Crippen molar-refractivity contribution in [2.24, 2.45) is 5.92 Å². The van der Waals surface area contributed by atoms with Gasteiger partial charge in [-0.25, -0.2) is 4.98 Å². The van der Waals surface area contributed by atoms with E-state index in [1.807, 2.05) is 10.9 Å². The van der Waals surface area contributed by atoms with Crippen molar-refractivity contribution in [3.8, 4) is 0 Å². The SMILES string of the molecule is O=C(Cn1cnc2c1CCCC2)NC1CCC(CO)CC1. The highest BCUT2D eigenvalue weighted by Crippen LogP contribution is 2.24. The lowest BCUT2D eigenvalue weighted by atomic mass is 9.86. The van der Waals surface area contributed by atoms with Gasteiger partial charge in [0.05, 0.1) is 12.0 Å². The molecule has 0 aliphatic heterocycles. The maximum Gasteiger partial charge on any atom is 0.240 e. The number of rotatable bonds is 4. The Balaban J connectivity index is 1.51. The van der Waals surface area contributed by atoms with E-state index < -0.39 is 0 Å². The highest BCUT2D eigenvalue weighted by atomic mass is 16.3. The first-order valence-electron chi connectivity index (χ1n) is 8.19. The van der Waals surface area contributed by atoms with Crippen LogP contribution in [-0.4, -0.2) is 33.2 Å². The molecule has 0 radical (unpaired) electrons. The van der Waals surface area contributed by atoms with Crippen LogP contribution in [0.5, 0.6) is 0 Å². The third kappa shape index (κ3) is 3.46. The molecule has 0 bridgehead atoms. The number of fused-ring (bicyclic) bond motifs is 1. The first-order chi connectivity index (χ1) is 10.3. The van der Waals surface area contributed by atoms with E-state index in [-0.39, 0.29) is 18.6 Å². The number of nitrogens with one attached hydrogen (secondary N) is 1. The molecule has 5 nitrogen and oxygen atoms in total. The molecule has 1 aromatic rings. The van der Waals surface area contributed by atoms with Gasteiger partial charge in [0.15, 0.2) is 0 Å². The number of hydrogen-bond acceptors (Lipinski definition) is 3. The second-order valence-electron chi connectivity index (χ2n) is 6.44. The van der Waals surface area contributed by atoms with Crippen molar-refractivity contribution in [2.45, 2.75) is 64.0 Å². The van der Waals surface area contributed by atoms with Crippen molar-refractivity contribution < 1.29 is 9.90 Å². The van der Waals surface area contributed by atoms with Gasteiger partial charge in [0.25, 0.3) is 0 Å². The van der Waals surface area contributed by atoms with Crippen LogP contribution >= 0.6 is 0 Å². The molecule has 1 aromatic heterocycles. The Kier molecular flexibility index (Phi) is 4.58. The first-order valence-corrected chi connectivity index (χ1v) is 8.19. The summed E-state index contributed by atoms with van der Waals surface area (Å²) in [6, 6.07) is 0.277. The van der Waals surface area contributed by atoms with Crippen LogP contribution in [0.1, 0.15) is 49.9 Å². The molecule has 2 N–H and O–H groups in total. The molecule has 2 aliphatic carbocycles. The smallest absolute Gasteiger partial charge is 0.240 e. The lowest BCUT2D eigenvalue weighted by Gasteiger charge is -2.28. The van der Waals surface area contributed by atoms with Crippen LogP contribution < -0.4 is 5.32 Å². The summed E-state index contributed by atoms with van der Waals surface area (Å²) in [5.74, 6) is 0.520. The lowest BCUT2D eigenvalue weighted by Crippen LogP contribution is -2.39. The highest BCUT2D eigenvalue weighted by Gasteiger charge is 2.22. The van der Waals surface area contributed by atoms with Gasteiger partial charge in [-0.2, -0.15) is 0 Å². The van der Waals surface area contributed by atoms with Gasteiger partial charge in [-0.1, -0.05) is 0 Å². The van der Waals surface area contributed by atoms with E-state index in [2.05, 4.69) is 10.3 Å². The molecule has 0 atom stereocenters. The Morgan fingerprint density at radius 2 is 2.05 bits per heavy atom. The number of aromatic nitrogens is 2. The van der Waals surface area contributed by atoms with Crippen molar-refractivity contribution in [3.05, 3.63) is 17.7 Å². The number of amides is 1. The second kappa shape index (κ2) is 6.60. The summed E-state index contributed by atoms with van der Waals surface area (Å²) in [4.78, 5) is 16.6. The van der Waals surface area contributed by atoms with Crippen LogP contribution in [0.15, 0.2) is 6.33 Å². The zero-order chi connectivity index (χ0) is 14.7. The Morgan fingerprint density at radius 1 is 1.29 bits per heavy atom. The summed E-state index contributed by atoms with van der Waals surface area (Å²) < 4.78 is 2.02. The Hall–Kier alpha value is -1.36. The zero-order valence-electron chi connectivity index (χ0n) is 12.6. The monoisotopic (exact) mass is 291 g/mol. The van der Waals surface area contributed by atoms with Crippen molar-refractivity contribution in [2.75, 3.05) is 6.61 Å². The molecule has 0 saturated heterocycles. The number of carbonyl (C=O) groups is 1. The number of imidazole rings is 1. The molecule has 0 spiro atoms. The average molecular weight is 291 g/mol. The number of carbonyl (C=O) groups excluding carboxylic acids is 1. The van der Waals surface area contributed by atoms with Crippen LogP contribution in [0.25, 0.3) is 0 Å². The summed E-state index contributed by atoms with van der Waals surface area (Å²) in [6.07, 6.45) is 10.3. The van der Waals surface area contributed by atoms with Gasteiger partial charge < -0.3 is 15.0 Å². The van der Waals surface area contributed by atoms with Crippen LogP contribution in [0.4, 0.5) is 0 Å². The van der Waals surface area contributed by atoms with Crippen molar-refractivity contribution >= 4 is 5.91 Å². The number of nitrogens with zero attached hydrogens (tertiary/aromatic N) is 2. The van der Waals surface area contributed by atoms with Gasteiger partial charge in [0.2, 0.25) is 5.91 Å². The maximum atomic E-state index is 12.2. The van der Waals surface area contributed by atoms with Crippen LogP contribution in [0.3, 0.4) is 0 Å². The lowest BCUT2D eigenvalue weighted by molar-refractivity contribution is -0.122. The molecular formula is C16H25N3O2. The van der Waals surface area contributed by atoms with Crippen molar-refractivity contribution in [1.29, 1.82) is 0 Å². The van der Waals surface area contributed by atoms with Crippen LogP contribution in [0.2, 0.25) is 0 Å². The summed E-state index contributed by atoms with van der Waals surface area (Å²) in [6.45, 7) is 0.671. The molecule has 1 fully saturated rings. The molecule has 1 heterocycles. The molecule has 3 rings (SSSR count). The van der Waals surface area contributed by atoms with E-state index in [1.54, 1.807) is 0 Å². The fourth-order valence-electron chi connectivity index (χ4n) is 3.58. The average Bonchev–Trinajstić information content (AvgIpc) is 2.91. The summed E-state index contributed by atoms with van der Waals surface area (Å²) >= 11 is 0. The predicted octanol–water partition coefficient (Wildman–Crippen LogP) is 1.43. The largest absolute Gasteiger partial charge is 0.396 e. The molecular weight excluding hydrogens is 266 g/mol. The fraction of sp³-hybridized carbons (Fsp3) is 0.750. The molecule has 2 aliphatic rings. The topological polar surface area (TPSA) is 67.2 Å². The minimum atomic E-state index is 0.0909. The van der Waals surface area contributed by atoms with Crippen molar-refractivity contribution in [1.82, 2.24) is 14.9 Å². The number of aliphatic hydroxyl groups excluding tert-OH is 1. The van der Waals surface area contributed by atoms with Gasteiger partial charge >= 0.3 is 0 Å². The van der Waals surface area contributed by atoms with E-state index in [9.17, 15) is 4.79 Å². The predicted molar refractivity (Wildman–Crippen MR) is 79.8 cm³/mol. The fourth-order valence-corrected chi connectivity index (χ4v) is 3.58. The first kappa shape index (κ1) is 14.6. The van der Waals surface area contributed by atoms with Gasteiger partial charge in [0.1, 0.15) is 6.54 Å². The van der Waals surface area contributed by atoms with E-state index in [1.165, 1.54) is 24.2 Å². The third-order valence-corrected chi connectivity index (χ3v) is 4.89. The molecule has 21 heavy (non-hydrogen) atoms. The molecule has 116 valence electrons. The normalized spacial score (nSPS) is 25.4. The summed E-state index contributed by atoms with van der Waals surface area (Å²) in [7, 11) is 0. The Bertz CT molecular complexity index is 490. The Labute approximate surface area is 125 Å². The van der Waals surface area contributed by atoms with Gasteiger partial charge in [-0.3, -0.25) is 4.79 Å². The number of aliphatic hydroxyl groups is 1. The Morgan fingerprint density at radius 3 is 2.81 bits per heavy atom. The van der Waals surface area contributed by atoms with E-state index >= 15 is 0 Å². The van der Waals surface area contributed by atoms with Gasteiger partial charge in [0, 0.05) is 18.3 Å². The minimum absolute atomic E-state index is 0.0909. The second-order valence-corrected chi connectivity index (χ2v) is 6.44. The van der Waals surface area contributed by atoms with Crippen LogP contribution in [0, 0.1) is 5.92 Å². The number of aryl methyl sites for hydroxylation is 1. The molecule has 5 heteroatoms. The highest BCUT2D eigenvalue weighted by molar-refractivity contribution is 5.76. The standard InChI is InChI=1S/C16H25N3O2/c20-10-12-5-7-13(8-6-12)18-16(21)9-19-11-17-14-3-1-2-4-15(14)19/h11-13,20H,1-10H2,(H,18,21). The molecule has 1 saturated carbocycles. The quantitative estimate of drug-likeness (QED) is 0.882. The van der Waals surface area contributed by atoms with E-state index in [0.29, 0.717) is 12.5 Å². The van der Waals surface area contributed by atoms with Gasteiger partial charge in [-0.05, 0) is 57.3 Å². The summed E-state index contributed by atoms with van der Waals surface area (Å²) in [5, 5.41) is 12.3. The minimum Gasteiger partial charge on any atom is -0.396 e. The molecule has 0 unspecified atom stereocenters. The zero-order valence-corrected chi connectivity index (χ0v) is 12.6.